The number of fused-ring (bicyclic) bond motifs is 6. The van der Waals surface area contributed by atoms with Crippen molar-refractivity contribution in [3.8, 4) is 0 Å². The minimum absolute atomic E-state index is 0.0207. The Labute approximate surface area is 178 Å². The van der Waals surface area contributed by atoms with Gasteiger partial charge in [0.25, 0.3) is 5.56 Å². The number of aryl methyl sites for hydroxylation is 2. The van der Waals surface area contributed by atoms with Gasteiger partial charge >= 0.3 is 0 Å². The molecule has 0 radical (unpaired) electrons. The molecule has 0 bridgehead atoms. The predicted octanol–water partition coefficient (Wildman–Crippen LogP) is 5.39. The maximum Gasteiger partial charge on any atom is 0.282 e. The molecule has 0 saturated heterocycles. The van der Waals surface area contributed by atoms with Gasteiger partial charge in [-0.3, -0.25) is 4.79 Å². The molecule has 142 valence electrons. The van der Waals surface area contributed by atoms with Crippen LogP contribution in [-0.2, 0) is 12.8 Å². The van der Waals surface area contributed by atoms with Gasteiger partial charge < -0.3 is 4.57 Å². The van der Waals surface area contributed by atoms with E-state index in [-0.39, 0.29) is 5.56 Å². The van der Waals surface area contributed by atoms with Crippen LogP contribution in [0.25, 0.3) is 20.4 Å². The number of thiophene rings is 1. The molecule has 0 fully saturated rings. The van der Waals surface area contributed by atoms with Gasteiger partial charge in [-0.25, -0.2) is 4.98 Å². The van der Waals surface area contributed by atoms with E-state index in [4.69, 9.17) is 4.98 Å². The normalized spacial score (nSPS) is 18.6. The van der Waals surface area contributed by atoms with Gasteiger partial charge in [0.15, 0.2) is 9.50 Å². The fourth-order valence-electron chi connectivity index (χ4n) is 4.10. The Balaban J connectivity index is 1.37. The number of benzene rings is 1. The Morgan fingerprint density at radius 2 is 2.04 bits per heavy atom. The number of rotatable bonds is 3. The summed E-state index contributed by atoms with van der Waals surface area (Å²) in [6, 6.07) is 8.66. The molecule has 4 heterocycles. The third-order valence-corrected chi connectivity index (χ3v) is 10.1. The molecular formula is C20H17N3OS4. The van der Waals surface area contributed by atoms with Gasteiger partial charge in [0.2, 0.25) is 0 Å². The second-order valence-electron chi connectivity index (χ2n) is 7.18. The summed E-state index contributed by atoms with van der Waals surface area (Å²) in [6.07, 6.45) is 4.57. The van der Waals surface area contributed by atoms with E-state index in [0.29, 0.717) is 6.04 Å². The van der Waals surface area contributed by atoms with Gasteiger partial charge in [0.05, 0.1) is 21.6 Å². The molecule has 3 aromatic heterocycles. The zero-order valence-corrected chi connectivity index (χ0v) is 18.3. The molecule has 28 heavy (non-hydrogen) atoms. The van der Waals surface area contributed by atoms with Crippen molar-refractivity contribution in [1.82, 2.24) is 14.5 Å². The van der Waals surface area contributed by atoms with Crippen molar-refractivity contribution >= 4 is 66.6 Å². The van der Waals surface area contributed by atoms with Crippen LogP contribution >= 0.6 is 46.2 Å². The first-order chi connectivity index (χ1) is 13.8. The van der Waals surface area contributed by atoms with Crippen molar-refractivity contribution in [1.29, 1.82) is 0 Å². The highest BCUT2D eigenvalue weighted by atomic mass is 32.2. The van der Waals surface area contributed by atoms with Crippen molar-refractivity contribution in [2.75, 3.05) is 11.5 Å². The Hall–Kier alpha value is -1.35. The zero-order chi connectivity index (χ0) is 18.7. The molecule has 1 aliphatic heterocycles. The number of thioether (sulfide) groups is 2. The standard InChI is InChI=1S/C20H17N3OS4/c24-17-16-12-5-1-3-7-14(12)27-18(16)23-11(9-25-19(23)22-17)10-26-20-21-13-6-2-4-8-15(13)28-20/h2,4,6,8,11H,1,3,5,7,9-10H2/t11-/m1/s1. The fourth-order valence-corrected chi connectivity index (χ4v) is 9.06. The van der Waals surface area contributed by atoms with Crippen molar-refractivity contribution in [2.45, 2.75) is 41.2 Å². The van der Waals surface area contributed by atoms with Crippen molar-refractivity contribution in [3.63, 3.8) is 0 Å². The monoisotopic (exact) mass is 443 g/mol. The van der Waals surface area contributed by atoms with Gasteiger partial charge in [0, 0.05) is 16.4 Å². The fraction of sp³-hybridized carbons (Fsp3) is 0.350. The minimum Gasteiger partial charge on any atom is -0.307 e. The molecule has 1 aliphatic carbocycles. The number of hydrogen-bond acceptors (Lipinski definition) is 7. The first kappa shape index (κ1) is 17.5. The molecule has 0 amide bonds. The van der Waals surface area contributed by atoms with Crippen LogP contribution < -0.4 is 5.56 Å². The molecule has 0 saturated carbocycles. The van der Waals surface area contributed by atoms with E-state index in [1.807, 2.05) is 29.2 Å². The van der Waals surface area contributed by atoms with E-state index in [0.717, 1.165) is 49.6 Å². The second kappa shape index (κ2) is 6.86. The van der Waals surface area contributed by atoms with Gasteiger partial charge in [0.1, 0.15) is 4.83 Å². The topological polar surface area (TPSA) is 47.8 Å². The van der Waals surface area contributed by atoms with Crippen molar-refractivity contribution < 1.29 is 0 Å². The highest BCUT2D eigenvalue weighted by molar-refractivity contribution is 8.01. The van der Waals surface area contributed by atoms with E-state index in [1.165, 1.54) is 28.0 Å². The summed E-state index contributed by atoms with van der Waals surface area (Å²) in [5, 5.41) is 1.80. The average molecular weight is 444 g/mol. The number of nitrogens with zero attached hydrogens (tertiary/aromatic N) is 3. The molecule has 2 aliphatic rings. The Morgan fingerprint density at radius 3 is 2.96 bits per heavy atom. The number of aromatic nitrogens is 3. The highest BCUT2D eigenvalue weighted by Gasteiger charge is 2.30. The van der Waals surface area contributed by atoms with Crippen LogP contribution in [0.4, 0.5) is 0 Å². The molecule has 0 spiro atoms. The number of para-hydroxylation sites is 1. The Kier molecular flexibility index (Phi) is 4.29. The van der Waals surface area contributed by atoms with Crippen molar-refractivity contribution in [3.05, 3.63) is 45.1 Å². The summed E-state index contributed by atoms with van der Waals surface area (Å²) >= 11 is 7.14. The molecule has 4 aromatic rings. The number of hydrogen-bond donors (Lipinski definition) is 0. The first-order valence-electron chi connectivity index (χ1n) is 9.46. The Bertz CT molecular complexity index is 1240. The quantitative estimate of drug-likeness (QED) is 0.314. The Morgan fingerprint density at radius 1 is 1.14 bits per heavy atom. The molecule has 4 nitrogen and oxygen atoms in total. The van der Waals surface area contributed by atoms with Gasteiger partial charge in [-0.15, -0.1) is 22.7 Å². The predicted molar refractivity (Wildman–Crippen MR) is 121 cm³/mol. The summed E-state index contributed by atoms with van der Waals surface area (Å²) in [5.41, 5.74) is 2.34. The highest BCUT2D eigenvalue weighted by Crippen LogP contribution is 2.42. The lowest BCUT2D eigenvalue weighted by molar-refractivity contribution is 0.595. The maximum atomic E-state index is 12.7. The lowest BCUT2D eigenvalue weighted by atomic mass is 9.97. The summed E-state index contributed by atoms with van der Waals surface area (Å²) in [5.74, 6) is 1.94. The summed E-state index contributed by atoms with van der Waals surface area (Å²) < 4.78 is 4.71. The lowest BCUT2D eigenvalue weighted by Gasteiger charge is -2.14. The maximum absolute atomic E-state index is 12.7. The SMILES string of the molecule is O=c1nc2n(c3sc4c(c13)CCCC4)[C@@H](CSc1nc3ccccc3s1)CS2. The summed E-state index contributed by atoms with van der Waals surface area (Å²) in [6.45, 7) is 0. The summed E-state index contributed by atoms with van der Waals surface area (Å²) in [7, 11) is 0. The van der Waals surface area contributed by atoms with Crippen LogP contribution in [0.1, 0.15) is 29.3 Å². The van der Waals surface area contributed by atoms with Crippen LogP contribution in [0.15, 0.2) is 38.6 Å². The van der Waals surface area contributed by atoms with Crippen LogP contribution in [-0.4, -0.2) is 26.0 Å². The van der Waals surface area contributed by atoms with E-state index < -0.39 is 0 Å². The van der Waals surface area contributed by atoms with Gasteiger partial charge in [-0.1, -0.05) is 35.7 Å². The zero-order valence-electron chi connectivity index (χ0n) is 15.0. The second-order valence-corrected chi connectivity index (χ2v) is 11.6. The van der Waals surface area contributed by atoms with Crippen LogP contribution in [0.5, 0.6) is 0 Å². The van der Waals surface area contributed by atoms with E-state index in [1.54, 1.807) is 23.1 Å². The molecule has 6 rings (SSSR count). The minimum atomic E-state index is -0.0207. The molecule has 1 aromatic carbocycles. The lowest BCUT2D eigenvalue weighted by Crippen LogP contribution is -2.17. The molecule has 0 N–H and O–H groups in total. The van der Waals surface area contributed by atoms with E-state index >= 15 is 0 Å². The molecule has 1 atom stereocenters. The van der Waals surface area contributed by atoms with Gasteiger partial charge in [-0.05, 0) is 43.4 Å². The summed E-state index contributed by atoms with van der Waals surface area (Å²) in [4.78, 5) is 24.5. The third kappa shape index (κ3) is 2.76. The smallest absolute Gasteiger partial charge is 0.282 e. The van der Waals surface area contributed by atoms with Crippen LogP contribution in [0, 0.1) is 0 Å². The van der Waals surface area contributed by atoms with E-state index in [9.17, 15) is 4.79 Å². The molecular weight excluding hydrogens is 427 g/mol. The largest absolute Gasteiger partial charge is 0.307 e. The average Bonchev–Trinajstić information content (AvgIpc) is 3.40. The third-order valence-electron chi connectivity index (χ3n) is 5.43. The van der Waals surface area contributed by atoms with E-state index in [2.05, 4.69) is 27.8 Å². The first-order valence-corrected chi connectivity index (χ1v) is 13.1. The van der Waals surface area contributed by atoms with Gasteiger partial charge in [-0.2, -0.15) is 4.98 Å². The van der Waals surface area contributed by atoms with Crippen LogP contribution in [0.3, 0.4) is 0 Å². The molecule has 8 heteroatoms. The van der Waals surface area contributed by atoms with Crippen molar-refractivity contribution in [2.24, 2.45) is 0 Å². The molecule has 0 unspecified atom stereocenters. The number of thiazole rings is 1. The van der Waals surface area contributed by atoms with Crippen LogP contribution in [0.2, 0.25) is 0 Å².